The van der Waals surface area contributed by atoms with Crippen molar-refractivity contribution in [1.29, 1.82) is 0 Å². The minimum atomic E-state index is -0.794. The van der Waals surface area contributed by atoms with Gasteiger partial charge in [-0.25, -0.2) is 4.98 Å². The Labute approximate surface area is 82.6 Å². The number of aromatic nitrogens is 2. The van der Waals surface area contributed by atoms with Crippen molar-refractivity contribution >= 4 is 5.97 Å². The molecule has 5 nitrogen and oxygen atoms in total. The molecule has 1 aromatic rings. The monoisotopic (exact) mass is 197 g/mol. The summed E-state index contributed by atoms with van der Waals surface area (Å²) in [5.41, 5.74) is 1.01. The summed E-state index contributed by atoms with van der Waals surface area (Å²) in [6, 6.07) is -0.446. The summed E-state index contributed by atoms with van der Waals surface area (Å²) in [7, 11) is 0. The van der Waals surface area contributed by atoms with Crippen molar-refractivity contribution in [2.45, 2.75) is 25.8 Å². The molecule has 1 unspecified atom stereocenters. The van der Waals surface area contributed by atoms with Crippen LogP contribution in [0, 0.1) is 0 Å². The molecule has 14 heavy (non-hydrogen) atoms. The van der Waals surface area contributed by atoms with E-state index >= 15 is 0 Å². The summed E-state index contributed by atoms with van der Waals surface area (Å²) >= 11 is 0. The van der Waals surface area contributed by atoms with Gasteiger partial charge in [0, 0.05) is 24.9 Å². The molecule has 3 N–H and O–H groups in total. The molecule has 0 bridgehead atoms. The third kappa shape index (κ3) is 3.18. The molecule has 0 amide bonds. The lowest BCUT2D eigenvalue weighted by Gasteiger charge is -2.10. The smallest absolute Gasteiger partial charge is 0.320 e. The van der Waals surface area contributed by atoms with Crippen molar-refractivity contribution in [3.8, 4) is 0 Å². The third-order valence-electron chi connectivity index (χ3n) is 2.05. The molecule has 1 rings (SSSR count). The molecule has 0 fully saturated rings. The summed E-state index contributed by atoms with van der Waals surface area (Å²) in [6.45, 7) is 2.50. The van der Waals surface area contributed by atoms with Crippen molar-refractivity contribution in [3.63, 3.8) is 0 Å². The first-order valence-corrected chi connectivity index (χ1v) is 4.67. The summed E-state index contributed by atoms with van der Waals surface area (Å²) in [5.74, 6) is -0.794. The van der Waals surface area contributed by atoms with E-state index in [0.717, 1.165) is 12.1 Å². The Balaban J connectivity index is 2.23. The SMILES string of the molecule is CCC(NCCc1cnc[nH]1)C(=O)O. The Kier molecular flexibility index (Phi) is 4.12. The predicted octanol–water partition coefficient (Wildman–Crippen LogP) is 0.405. The lowest BCUT2D eigenvalue weighted by atomic mass is 10.2. The van der Waals surface area contributed by atoms with Gasteiger partial charge in [-0.3, -0.25) is 4.79 Å². The lowest BCUT2D eigenvalue weighted by molar-refractivity contribution is -0.139. The first-order valence-electron chi connectivity index (χ1n) is 4.67. The highest BCUT2D eigenvalue weighted by molar-refractivity contribution is 5.73. The predicted molar refractivity (Wildman–Crippen MR) is 52.0 cm³/mol. The molecule has 0 aliphatic carbocycles. The fraction of sp³-hybridized carbons (Fsp3) is 0.556. The first kappa shape index (κ1) is 10.7. The van der Waals surface area contributed by atoms with Crippen LogP contribution in [-0.2, 0) is 11.2 Å². The van der Waals surface area contributed by atoms with Crippen LogP contribution in [0.5, 0.6) is 0 Å². The highest BCUT2D eigenvalue weighted by Crippen LogP contribution is 1.94. The van der Waals surface area contributed by atoms with Gasteiger partial charge >= 0.3 is 5.97 Å². The van der Waals surface area contributed by atoms with E-state index < -0.39 is 12.0 Å². The number of aliphatic carboxylic acids is 1. The number of aromatic amines is 1. The maximum absolute atomic E-state index is 10.6. The van der Waals surface area contributed by atoms with Crippen LogP contribution < -0.4 is 5.32 Å². The van der Waals surface area contributed by atoms with E-state index in [9.17, 15) is 4.79 Å². The van der Waals surface area contributed by atoms with Gasteiger partial charge in [0.25, 0.3) is 0 Å². The van der Waals surface area contributed by atoms with E-state index in [1.807, 2.05) is 6.92 Å². The molecule has 5 heteroatoms. The molecule has 1 aromatic heterocycles. The second-order valence-electron chi connectivity index (χ2n) is 3.08. The summed E-state index contributed by atoms with van der Waals surface area (Å²) in [5, 5.41) is 11.7. The van der Waals surface area contributed by atoms with Gasteiger partial charge < -0.3 is 15.4 Å². The number of nitrogens with zero attached hydrogens (tertiary/aromatic N) is 1. The number of hydrogen-bond acceptors (Lipinski definition) is 3. The third-order valence-corrected chi connectivity index (χ3v) is 2.05. The van der Waals surface area contributed by atoms with Crippen LogP contribution in [0.4, 0.5) is 0 Å². The number of carboxylic acid groups (broad SMARTS) is 1. The van der Waals surface area contributed by atoms with Crippen LogP contribution in [0.3, 0.4) is 0 Å². The Hall–Kier alpha value is -1.36. The second kappa shape index (κ2) is 5.39. The number of carbonyl (C=O) groups is 1. The molecule has 0 radical (unpaired) electrons. The molecular weight excluding hydrogens is 182 g/mol. The van der Waals surface area contributed by atoms with Gasteiger partial charge in [0.05, 0.1) is 6.33 Å². The Morgan fingerprint density at radius 3 is 3.07 bits per heavy atom. The largest absolute Gasteiger partial charge is 0.480 e. The van der Waals surface area contributed by atoms with Crippen LogP contribution in [0.1, 0.15) is 19.0 Å². The number of hydrogen-bond donors (Lipinski definition) is 3. The minimum absolute atomic E-state index is 0.446. The lowest BCUT2D eigenvalue weighted by Crippen LogP contribution is -2.37. The molecule has 78 valence electrons. The zero-order valence-corrected chi connectivity index (χ0v) is 8.16. The molecular formula is C9H15N3O2. The standard InChI is InChI=1S/C9H15N3O2/c1-2-8(9(13)14)11-4-3-7-5-10-6-12-7/h5-6,8,11H,2-4H2,1H3,(H,10,12)(H,13,14). The van der Waals surface area contributed by atoms with Gasteiger partial charge in [0.1, 0.15) is 6.04 Å². The van der Waals surface area contributed by atoms with E-state index in [0.29, 0.717) is 13.0 Å². The molecule has 1 atom stereocenters. The summed E-state index contributed by atoms with van der Waals surface area (Å²) < 4.78 is 0. The van der Waals surface area contributed by atoms with Crippen molar-refractivity contribution < 1.29 is 9.90 Å². The summed E-state index contributed by atoms with van der Waals surface area (Å²) in [6.07, 6.45) is 4.72. The van der Waals surface area contributed by atoms with Crippen LogP contribution in [-0.4, -0.2) is 33.6 Å². The molecule has 0 aliphatic rings. The fourth-order valence-corrected chi connectivity index (χ4v) is 1.21. The van der Waals surface area contributed by atoms with Crippen molar-refractivity contribution in [1.82, 2.24) is 15.3 Å². The molecule has 0 aliphatic heterocycles. The van der Waals surface area contributed by atoms with Crippen molar-refractivity contribution in [2.24, 2.45) is 0 Å². The van der Waals surface area contributed by atoms with E-state index in [1.165, 1.54) is 0 Å². The Morgan fingerprint density at radius 1 is 1.79 bits per heavy atom. The number of carboxylic acids is 1. The number of H-pyrrole nitrogens is 1. The number of imidazole rings is 1. The average Bonchev–Trinajstić information content (AvgIpc) is 2.64. The van der Waals surface area contributed by atoms with E-state index in [4.69, 9.17) is 5.11 Å². The number of rotatable bonds is 6. The molecule has 1 heterocycles. The van der Waals surface area contributed by atoms with Gasteiger partial charge in [0.2, 0.25) is 0 Å². The normalized spacial score (nSPS) is 12.6. The topological polar surface area (TPSA) is 78.0 Å². The van der Waals surface area contributed by atoms with Gasteiger partial charge in [-0.2, -0.15) is 0 Å². The Morgan fingerprint density at radius 2 is 2.57 bits per heavy atom. The second-order valence-corrected chi connectivity index (χ2v) is 3.08. The van der Waals surface area contributed by atoms with Crippen LogP contribution in [0.2, 0.25) is 0 Å². The molecule has 0 saturated heterocycles. The van der Waals surface area contributed by atoms with Crippen LogP contribution >= 0.6 is 0 Å². The van der Waals surface area contributed by atoms with Crippen molar-refractivity contribution in [2.75, 3.05) is 6.54 Å². The van der Waals surface area contributed by atoms with Gasteiger partial charge in [0.15, 0.2) is 0 Å². The maximum Gasteiger partial charge on any atom is 0.320 e. The van der Waals surface area contributed by atoms with E-state index in [1.54, 1.807) is 12.5 Å². The van der Waals surface area contributed by atoms with Crippen molar-refractivity contribution in [3.05, 3.63) is 18.2 Å². The highest BCUT2D eigenvalue weighted by atomic mass is 16.4. The molecule has 0 spiro atoms. The van der Waals surface area contributed by atoms with Gasteiger partial charge in [-0.1, -0.05) is 6.92 Å². The van der Waals surface area contributed by atoms with E-state index in [2.05, 4.69) is 15.3 Å². The van der Waals surface area contributed by atoms with Crippen LogP contribution in [0.15, 0.2) is 12.5 Å². The fourth-order valence-electron chi connectivity index (χ4n) is 1.21. The van der Waals surface area contributed by atoms with Gasteiger partial charge in [-0.15, -0.1) is 0 Å². The Bertz CT molecular complexity index is 272. The maximum atomic E-state index is 10.6. The zero-order chi connectivity index (χ0) is 10.4. The minimum Gasteiger partial charge on any atom is -0.480 e. The average molecular weight is 197 g/mol. The van der Waals surface area contributed by atoms with E-state index in [-0.39, 0.29) is 0 Å². The molecule has 0 saturated carbocycles. The highest BCUT2D eigenvalue weighted by Gasteiger charge is 2.12. The zero-order valence-electron chi connectivity index (χ0n) is 8.16. The number of nitrogens with one attached hydrogen (secondary N) is 2. The van der Waals surface area contributed by atoms with Crippen LogP contribution in [0.25, 0.3) is 0 Å². The van der Waals surface area contributed by atoms with Gasteiger partial charge in [-0.05, 0) is 6.42 Å². The first-order chi connectivity index (χ1) is 6.74. The quantitative estimate of drug-likeness (QED) is 0.617. The summed E-state index contributed by atoms with van der Waals surface area (Å²) in [4.78, 5) is 17.5. The molecule has 0 aromatic carbocycles.